The van der Waals surface area contributed by atoms with Crippen LogP contribution in [0.1, 0.15) is 79.9 Å². The van der Waals surface area contributed by atoms with Gasteiger partial charge < -0.3 is 64.9 Å². The molecule has 6 aromatic rings. The fourth-order valence-electron chi connectivity index (χ4n) is 11.3. The maximum absolute atomic E-state index is 14.1. The summed E-state index contributed by atoms with van der Waals surface area (Å²) in [5.74, 6) is -0.364. The van der Waals surface area contributed by atoms with Gasteiger partial charge in [0.25, 0.3) is 22.2 Å². The molecule has 45 nitrogen and oxygen atoms in total. The third-order valence-electron chi connectivity index (χ3n) is 16.1. The molecule has 5 aliphatic heterocycles. The molecule has 11 rings (SSSR count). The number of aliphatic hydroxyl groups is 2. The van der Waals surface area contributed by atoms with Crippen molar-refractivity contribution in [1.29, 1.82) is 0 Å². The second-order valence-corrected chi connectivity index (χ2v) is 28.6. The van der Waals surface area contributed by atoms with Crippen molar-refractivity contribution in [2.45, 2.75) is 145 Å². The van der Waals surface area contributed by atoms with Crippen LogP contribution in [0.3, 0.4) is 0 Å². The number of nitrogens with one attached hydrogen (secondary N) is 4. The van der Waals surface area contributed by atoms with E-state index in [-0.39, 0.29) is 52.5 Å². The van der Waals surface area contributed by atoms with Gasteiger partial charge in [0.1, 0.15) is 91.9 Å². The molecule has 5 fully saturated rings. The molecule has 11 heterocycles. The van der Waals surface area contributed by atoms with E-state index < -0.39 is 221 Å². The van der Waals surface area contributed by atoms with Crippen molar-refractivity contribution in [2.24, 2.45) is 0 Å². The van der Waals surface area contributed by atoms with Gasteiger partial charge in [0.15, 0.2) is 11.2 Å². The van der Waals surface area contributed by atoms with E-state index in [0.29, 0.717) is 0 Å². The predicted molar refractivity (Wildman–Crippen MR) is 322 cm³/mol. The molecule has 0 spiro atoms. The molecule has 0 radical (unpaired) electrons. The molecule has 98 heavy (non-hydrogen) atoms. The van der Waals surface area contributed by atoms with E-state index in [9.17, 15) is 86.4 Å². The van der Waals surface area contributed by atoms with E-state index in [4.69, 9.17) is 71.3 Å². The Morgan fingerprint density at radius 3 is 1.26 bits per heavy atom. The fourth-order valence-corrected chi connectivity index (χ4v) is 15.1. The van der Waals surface area contributed by atoms with Gasteiger partial charge in [0.2, 0.25) is 5.95 Å². The highest BCUT2D eigenvalue weighted by molar-refractivity contribution is 7.48. The van der Waals surface area contributed by atoms with Crippen molar-refractivity contribution in [3.63, 3.8) is 0 Å². The molecule has 49 heteroatoms. The molecule has 4 unspecified atom stereocenters. The van der Waals surface area contributed by atoms with Crippen LogP contribution in [0.4, 0.5) is 11.8 Å². The molecular weight excluding hydrogens is 1400 g/mol. The average molecular weight is 1470 g/mol. The largest absolute Gasteiger partial charge is 0.472 e. The van der Waals surface area contributed by atoms with Gasteiger partial charge in [-0.1, -0.05) is 0 Å². The normalized spacial score (nSPS) is 29.8. The van der Waals surface area contributed by atoms with Crippen LogP contribution in [0.25, 0.3) is 11.2 Å². The fraction of sp³-hybridized carbons (Fsp3) is 0.571. The number of phosphoric ester groups is 4. The second-order valence-electron chi connectivity index (χ2n) is 23.0. The predicted octanol–water partition coefficient (Wildman–Crippen LogP) is -3.08. The summed E-state index contributed by atoms with van der Waals surface area (Å²) in [5, 5.41) is 20.9. The van der Waals surface area contributed by atoms with Crippen molar-refractivity contribution < 1.29 is 108 Å². The van der Waals surface area contributed by atoms with E-state index in [1.165, 1.54) is 43.9 Å². The minimum Gasteiger partial charge on any atom is -0.394 e. The summed E-state index contributed by atoms with van der Waals surface area (Å²) in [6, 6.07) is 1.29. The molecule has 5 aliphatic rings. The Kier molecular flexibility index (Phi) is 21.1. The zero-order chi connectivity index (χ0) is 70.7. The van der Waals surface area contributed by atoms with Crippen molar-refractivity contribution in [3.05, 3.63) is 137 Å². The van der Waals surface area contributed by atoms with Crippen LogP contribution in [0.5, 0.6) is 0 Å². The summed E-state index contributed by atoms with van der Waals surface area (Å²) in [5.41, 5.74) is 4.12. The second kappa shape index (κ2) is 28.6. The molecule has 5 saturated heterocycles. The number of nitrogen functional groups attached to an aromatic ring is 2. The van der Waals surface area contributed by atoms with Crippen LogP contribution in [-0.4, -0.2) is 182 Å². The molecule has 0 aliphatic carbocycles. The highest BCUT2D eigenvalue weighted by Crippen LogP contribution is 2.55. The third-order valence-corrected chi connectivity index (χ3v) is 20.1. The topological polar surface area (TPSA) is 625 Å². The number of nitrogens with zero attached hydrogens (tertiary/aromatic N) is 8. The number of H-pyrrole nitrogens is 4. The van der Waals surface area contributed by atoms with Gasteiger partial charge >= 0.3 is 54.0 Å². The van der Waals surface area contributed by atoms with Crippen LogP contribution in [0, 0.1) is 20.8 Å². The number of hydrogen-bond acceptors (Lipinski definition) is 32. The highest BCUT2D eigenvalue weighted by Gasteiger charge is 2.50. The molecule has 0 bridgehead atoms. The number of rotatable bonds is 26. The van der Waals surface area contributed by atoms with E-state index in [1.807, 2.05) is 0 Å². The van der Waals surface area contributed by atoms with Crippen molar-refractivity contribution >= 4 is 54.2 Å². The Balaban J connectivity index is 0.780. The number of aryl methyl sites for hydroxylation is 3. The van der Waals surface area contributed by atoms with Gasteiger partial charge in [-0.15, -0.1) is 0 Å². The van der Waals surface area contributed by atoms with Gasteiger partial charge in [-0.2, -0.15) is 9.97 Å². The van der Waals surface area contributed by atoms with Gasteiger partial charge in [0, 0.05) is 73.6 Å². The van der Waals surface area contributed by atoms with E-state index in [0.717, 1.165) is 36.9 Å². The summed E-state index contributed by atoms with van der Waals surface area (Å²) >= 11 is 0. The Morgan fingerprint density at radius 2 is 0.857 bits per heavy atom. The van der Waals surface area contributed by atoms with E-state index >= 15 is 0 Å². The Morgan fingerprint density at radius 1 is 0.500 bits per heavy atom. The number of aromatic nitrogens is 12. The molecule has 0 saturated carbocycles. The van der Waals surface area contributed by atoms with E-state index in [2.05, 4.69) is 34.9 Å². The quantitative estimate of drug-likeness (QED) is 0.0240. The first kappa shape index (κ1) is 72.3. The van der Waals surface area contributed by atoms with Crippen LogP contribution >= 0.6 is 31.3 Å². The lowest BCUT2D eigenvalue weighted by Gasteiger charge is -2.25. The number of anilines is 2. The molecule has 14 N–H and O–H groups in total. The van der Waals surface area contributed by atoms with Crippen LogP contribution in [0.2, 0.25) is 0 Å². The smallest absolute Gasteiger partial charge is 0.394 e. The summed E-state index contributed by atoms with van der Waals surface area (Å²) in [7, 11) is -21.7. The summed E-state index contributed by atoms with van der Waals surface area (Å²) in [4.78, 5) is 166. The SMILES string of the molecule is Cc1cn([C@H]2C[C@H](OP(=O)(O)OC[C@H]3O[C@@H](n4cc(C)c(=O)[nH]c4=O)C[C@@H]3OP(=O)(O)OC[C@H]3O[C@@H](n4ccc(N)nc4=O)C[C@@H]3O)[C@@H](COP(=O)(O)O[C@H]3C[C@H](n4cc(C)c(=O)[nH]c4=O)O[C@@H]3COP(=O)(O)O[C@H]3C[C@H](n4cnc5c(=O)[nH]c(N)nc54)O[C@@H]3CO)O2)c(=O)[nH]c1=O. The number of ether oxygens (including phenoxy) is 5. The van der Waals surface area contributed by atoms with Crippen LogP contribution < -0.4 is 56.5 Å². The highest BCUT2D eigenvalue weighted by atomic mass is 31.2. The van der Waals surface area contributed by atoms with Crippen molar-refractivity contribution in [3.8, 4) is 0 Å². The van der Waals surface area contributed by atoms with Crippen LogP contribution in [0.15, 0.2) is 75.5 Å². The monoisotopic (exact) mass is 1470 g/mol. The van der Waals surface area contributed by atoms with Crippen molar-refractivity contribution in [2.75, 3.05) is 44.5 Å². The van der Waals surface area contributed by atoms with Gasteiger partial charge in [-0.25, -0.2) is 42.4 Å². The molecule has 0 aromatic carbocycles. The summed E-state index contributed by atoms with van der Waals surface area (Å²) in [6.07, 6.45) is -18.9. The zero-order valence-corrected chi connectivity index (χ0v) is 54.7. The Labute approximate surface area is 545 Å². The van der Waals surface area contributed by atoms with E-state index in [1.54, 1.807) is 0 Å². The summed E-state index contributed by atoms with van der Waals surface area (Å²) < 4.78 is 133. The third kappa shape index (κ3) is 16.4. The molecule has 6 aromatic heterocycles. The first-order valence-corrected chi connectivity index (χ1v) is 35.3. The number of aromatic amines is 4. The molecule has 0 amide bonds. The minimum atomic E-state index is -5.56. The van der Waals surface area contributed by atoms with Gasteiger partial charge in [-0.3, -0.25) is 98.1 Å². The summed E-state index contributed by atoms with van der Waals surface area (Å²) in [6.45, 7) is -0.836. The Hall–Kier alpha value is -6.97. The number of nitrogens with two attached hydrogens (primary N) is 2. The number of imidazole rings is 1. The number of fused-ring (bicyclic) bond motifs is 1. The molecular formula is C49H64N14O31P4. The van der Waals surface area contributed by atoms with Crippen LogP contribution in [-0.2, 0) is 78.1 Å². The first-order chi connectivity index (χ1) is 46.1. The maximum atomic E-state index is 14.1. The average Bonchev–Trinajstić information content (AvgIpc) is 1.76. The van der Waals surface area contributed by atoms with Crippen molar-refractivity contribution in [1.82, 2.24) is 57.7 Å². The number of phosphoric acid groups is 4. The lowest BCUT2D eigenvalue weighted by Crippen LogP contribution is -2.33. The Bertz CT molecular complexity index is 4710. The first-order valence-electron chi connectivity index (χ1n) is 29.3. The lowest BCUT2D eigenvalue weighted by atomic mass is 10.2. The number of aliphatic hydroxyl groups excluding tert-OH is 2. The molecule has 536 valence electrons. The standard InChI is InChI=1S/C49H64N14O31P4/c1-20-11-60(47(71)56-41(20)66)35-8-25(92-95(74,75)82-15-29-23(65)6-34(87-29)59-5-4-33(50)53-46(59)70)31(89-35)17-84-97(78,79)94-27-10-37(62-13-22(3)43(68)58-49(62)73)90-32(27)18-85-98(80,81)93-26-9-36(61-12-21(2)42(67)57-48(61)72)88-30(26)16-83-96(76,77)91-24-7-38(86-28(24)14-64)63-19-52-39-40(63)54-45(51)55-44(39)69/h4-5,11-13,19,23-32,34-38,64-65H,6-10,14-18H2,1-3H3,(H,74,75)(H,76,77)(H,78,79)(H,80,81)(H2,50,53,70)(H,56,66,71)(H,57,67,72)(H,58,68,73)(H3,51,54,55,69)/t23-,24-,25-,26-,27-,28+,29+,30+,31+,32+,34+,35+,36+,37+,38+/m0/s1. The zero-order valence-electron chi connectivity index (χ0n) is 51.1. The lowest BCUT2D eigenvalue weighted by molar-refractivity contribution is -0.0650. The molecule has 19 atom stereocenters. The van der Waals surface area contributed by atoms with Gasteiger partial charge in [-0.05, 0) is 26.8 Å². The maximum Gasteiger partial charge on any atom is 0.472 e. The minimum absolute atomic E-state index is 0.00241. The number of hydrogen-bond donors (Lipinski definition) is 12. The van der Waals surface area contributed by atoms with Gasteiger partial charge in [0.05, 0.1) is 45.5 Å².